The lowest BCUT2D eigenvalue weighted by atomic mass is 9.87. The van der Waals surface area contributed by atoms with Crippen molar-refractivity contribution in [3.8, 4) is 11.1 Å². The van der Waals surface area contributed by atoms with Crippen molar-refractivity contribution in [2.75, 3.05) is 13.2 Å². The number of hydrogen-bond donors (Lipinski definition) is 3. The summed E-state index contributed by atoms with van der Waals surface area (Å²) in [6, 6.07) is 14.8. The van der Waals surface area contributed by atoms with Crippen LogP contribution in [0, 0.1) is 11.3 Å². The first-order chi connectivity index (χ1) is 15.8. The van der Waals surface area contributed by atoms with Crippen LogP contribution in [0.15, 0.2) is 48.5 Å². The average Bonchev–Trinajstić information content (AvgIpc) is 3.60. The summed E-state index contributed by atoms with van der Waals surface area (Å²) in [4.78, 5) is 36.5. The number of rotatable bonds is 9. The number of carboxylic acid groups (broad SMARTS) is 1. The van der Waals surface area contributed by atoms with Gasteiger partial charge in [-0.25, -0.2) is 4.79 Å². The van der Waals surface area contributed by atoms with Crippen LogP contribution >= 0.6 is 0 Å². The van der Waals surface area contributed by atoms with Crippen LogP contribution < -0.4 is 10.6 Å². The molecule has 7 nitrogen and oxygen atoms in total. The minimum absolute atomic E-state index is 0.0623. The Morgan fingerprint density at radius 2 is 1.61 bits per heavy atom. The van der Waals surface area contributed by atoms with Gasteiger partial charge in [0.25, 0.3) is 0 Å². The number of nitrogens with one attached hydrogen (secondary N) is 2. The van der Waals surface area contributed by atoms with E-state index in [1.54, 1.807) is 0 Å². The van der Waals surface area contributed by atoms with E-state index in [2.05, 4.69) is 24.5 Å². The van der Waals surface area contributed by atoms with E-state index in [0.717, 1.165) is 35.1 Å². The summed E-state index contributed by atoms with van der Waals surface area (Å²) in [6.45, 7) is 4.68. The first-order valence-corrected chi connectivity index (χ1v) is 11.4. The smallest absolute Gasteiger partial charge is 0.407 e. The number of amides is 2. The Kier molecular flexibility index (Phi) is 6.40. The van der Waals surface area contributed by atoms with Gasteiger partial charge in [0.05, 0.1) is 6.42 Å². The van der Waals surface area contributed by atoms with E-state index in [4.69, 9.17) is 4.74 Å². The quantitative estimate of drug-likeness (QED) is 0.537. The molecule has 1 saturated carbocycles. The fourth-order valence-corrected chi connectivity index (χ4v) is 4.61. The normalized spacial score (nSPS) is 15.8. The van der Waals surface area contributed by atoms with E-state index in [0.29, 0.717) is 12.5 Å². The van der Waals surface area contributed by atoms with Crippen molar-refractivity contribution in [3.05, 3.63) is 59.7 Å². The van der Waals surface area contributed by atoms with Crippen LogP contribution in [-0.4, -0.2) is 42.3 Å². The Morgan fingerprint density at radius 3 is 2.15 bits per heavy atom. The highest BCUT2D eigenvalue weighted by Crippen LogP contribution is 2.45. The monoisotopic (exact) mass is 450 g/mol. The number of fused-ring (bicyclic) bond motifs is 3. The second-order valence-electron chi connectivity index (χ2n) is 9.60. The van der Waals surface area contributed by atoms with E-state index in [1.807, 2.05) is 48.5 Å². The van der Waals surface area contributed by atoms with Crippen molar-refractivity contribution in [2.45, 2.75) is 45.1 Å². The van der Waals surface area contributed by atoms with Crippen molar-refractivity contribution in [1.29, 1.82) is 0 Å². The van der Waals surface area contributed by atoms with Gasteiger partial charge in [0.1, 0.15) is 12.6 Å². The zero-order chi connectivity index (χ0) is 23.6. The third-order valence-electron chi connectivity index (χ3n) is 6.73. The Bertz CT molecular complexity index is 1010. The van der Waals surface area contributed by atoms with E-state index >= 15 is 0 Å². The molecule has 174 valence electrons. The third kappa shape index (κ3) is 5.18. The molecule has 0 radical (unpaired) electrons. The second-order valence-corrected chi connectivity index (χ2v) is 9.60. The van der Waals surface area contributed by atoms with Gasteiger partial charge in [-0.2, -0.15) is 0 Å². The van der Waals surface area contributed by atoms with Gasteiger partial charge in [0, 0.05) is 12.5 Å². The molecule has 2 aromatic rings. The first kappa shape index (κ1) is 22.8. The van der Waals surface area contributed by atoms with Crippen molar-refractivity contribution >= 4 is 18.0 Å². The van der Waals surface area contributed by atoms with Gasteiger partial charge in [0.15, 0.2) is 0 Å². The van der Waals surface area contributed by atoms with E-state index in [9.17, 15) is 19.5 Å². The Labute approximate surface area is 193 Å². The molecule has 2 aliphatic rings. The first-order valence-electron chi connectivity index (χ1n) is 11.4. The molecule has 0 aliphatic heterocycles. The average molecular weight is 451 g/mol. The van der Waals surface area contributed by atoms with Gasteiger partial charge in [-0.05, 0) is 46.4 Å². The molecule has 4 rings (SSSR count). The molecule has 0 heterocycles. The van der Waals surface area contributed by atoms with Crippen molar-refractivity contribution < 1.29 is 24.2 Å². The molecule has 1 fully saturated rings. The zero-order valence-corrected chi connectivity index (χ0v) is 19.0. The molecule has 2 amide bonds. The molecule has 2 aromatic carbocycles. The number of benzene rings is 2. The summed E-state index contributed by atoms with van der Waals surface area (Å²) in [6.07, 6.45) is 0.957. The molecule has 1 unspecified atom stereocenters. The third-order valence-corrected chi connectivity index (χ3v) is 6.73. The molecule has 1 atom stereocenters. The molecule has 7 heteroatoms. The zero-order valence-electron chi connectivity index (χ0n) is 19.0. The van der Waals surface area contributed by atoms with Crippen LogP contribution in [0.5, 0.6) is 0 Å². The number of ether oxygens (including phenoxy) is 1. The summed E-state index contributed by atoms with van der Waals surface area (Å²) in [5.41, 5.74) is 4.32. The molecule has 0 spiro atoms. The van der Waals surface area contributed by atoms with Gasteiger partial charge >= 0.3 is 12.1 Å². The van der Waals surface area contributed by atoms with Crippen molar-refractivity contribution in [2.24, 2.45) is 11.3 Å². The SMILES string of the molecule is CC(C)(CNC(=O)C(CC(=O)O)NC(=O)OCC1c2ccccc2-c2ccccc21)C1CC1. The van der Waals surface area contributed by atoms with Gasteiger partial charge in [-0.3, -0.25) is 9.59 Å². The maximum absolute atomic E-state index is 12.6. The summed E-state index contributed by atoms with van der Waals surface area (Å²) in [5.74, 6) is -1.24. The minimum Gasteiger partial charge on any atom is -0.481 e. The Morgan fingerprint density at radius 1 is 1.03 bits per heavy atom. The number of alkyl carbamates (subject to hydrolysis) is 1. The summed E-state index contributed by atoms with van der Waals surface area (Å²) in [7, 11) is 0. The standard InChI is InChI=1S/C26H30N2O5/c1-26(2,16-11-12-16)15-27-24(31)22(13-23(29)30)28-25(32)33-14-21-19-9-5-3-7-17(19)18-8-4-6-10-20(18)21/h3-10,16,21-22H,11-15H2,1-2H3,(H,27,31)(H,28,32)(H,29,30). The summed E-state index contributed by atoms with van der Waals surface area (Å²) < 4.78 is 5.47. The number of carboxylic acids is 1. The molecular weight excluding hydrogens is 420 g/mol. The van der Waals surface area contributed by atoms with Crippen LogP contribution in [-0.2, 0) is 14.3 Å². The van der Waals surface area contributed by atoms with Gasteiger partial charge < -0.3 is 20.5 Å². The van der Waals surface area contributed by atoms with Gasteiger partial charge in [-0.1, -0.05) is 62.4 Å². The van der Waals surface area contributed by atoms with Crippen molar-refractivity contribution in [3.63, 3.8) is 0 Å². The predicted octanol–water partition coefficient (Wildman–Crippen LogP) is 3.92. The maximum atomic E-state index is 12.6. The molecule has 3 N–H and O–H groups in total. The van der Waals surface area contributed by atoms with E-state index < -0.39 is 30.4 Å². The lowest BCUT2D eigenvalue weighted by Gasteiger charge is -2.26. The Hall–Kier alpha value is -3.35. The lowest BCUT2D eigenvalue weighted by molar-refractivity contribution is -0.139. The van der Waals surface area contributed by atoms with Crippen LogP contribution in [0.4, 0.5) is 4.79 Å². The van der Waals surface area contributed by atoms with Crippen LogP contribution in [0.25, 0.3) is 11.1 Å². The highest BCUT2D eigenvalue weighted by molar-refractivity contribution is 5.89. The molecule has 0 bridgehead atoms. The second kappa shape index (κ2) is 9.25. The molecule has 0 saturated heterocycles. The molecule has 0 aromatic heterocycles. The van der Waals surface area contributed by atoms with Crippen LogP contribution in [0.1, 0.15) is 50.2 Å². The topological polar surface area (TPSA) is 105 Å². The molecular formula is C26H30N2O5. The maximum Gasteiger partial charge on any atom is 0.407 e. The fraction of sp³-hybridized carbons (Fsp3) is 0.423. The highest BCUT2D eigenvalue weighted by Gasteiger charge is 2.38. The molecule has 33 heavy (non-hydrogen) atoms. The van der Waals surface area contributed by atoms with Crippen LogP contribution in [0.2, 0.25) is 0 Å². The number of carbonyl (C=O) groups is 3. The van der Waals surface area contributed by atoms with Crippen LogP contribution in [0.3, 0.4) is 0 Å². The Balaban J connectivity index is 1.38. The summed E-state index contributed by atoms with van der Waals surface area (Å²) >= 11 is 0. The van der Waals surface area contributed by atoms with E-state index in [1.165, 1.54) is 0 Å². The lowest BCUT2D eigenvalue weighted by Crippen LogP contribution is -2.50. The number of hydrogen-bond acceptors (Lipinski definition) is 4. The van der Waals surface area contributed by atoms with E-state index in [-0.39, 0.29) is 17.9 Å². The largest absolute Gasteiger partial charge is 0.481 e. The summed E-state index contributed by atoms with van der Waals surface area (Å²) in [5, 5.41) is 14.5. The predicted molar refractivity (Wildman–Crippen MR) is 124 cm³/mol. The molecule has 2 aliphatic carbocycles. The highest BCUT2D eigenvalue weighted by atomic mass is 16.5. The van der Waals surface area contributed by atoms with Crippen molar-refractivity contribution in [1.82, 2.24) is 10.6 Å². The van der Waals surface area contributed by atoms with Gasteiger partial charge in [0.2, 0.25) is 5.91 Å². The number of carbonyl (C=O) groups excluding carboxylic acids is 2. The fourth-order valence-electron chi connectivity index (χ4n) is 4.61. The minimum atomic E-state index is -1.20. The number of aliphatic carboxylic acids is 1. The van der Waals surface area contributed by atoms with Gasteiger partial charge in [-0.15, -0.1) is 0 Å².